The van der Waals surface area contributed by atoms with Crippen LogP contribution in [-0.4, -0.2) is 25.7 Å². The van der Waals surface area contributed by atoms with Gasteiger partial charge in [0.15, 0.2) is 0 Å². The van der Waals surface area contributed by atoms with Gasteiger partial charge < -0.3 is 0 Å². The van der Waals surface area contributed by atoms with Crippen LogP contribution in [0.15, 0.2) is 127 Å². The lowest BCUT2D eigenvalue weighted by molar-refractivity contribution is 0.525. The van der Waals surface area contributed by atoms with Crippen molar-refractivity contribution in [2.75, 3.05) is 4.90 Å². The summed E-state index contributed by atoms with van der Waals surface area (Å²) in [6.07, 6.45) is 0. The molecule has 10 rings (SSSR count). The Morgan fingerprint density at radius 2 is 1.33 bits per heavy atom. The number of nitrogens with zero attached hydrogens (tertiary/aromatic N) is 3. The Hall–Kier alpha value is -5.45. The van der Waals surface area contributed by atoms with E-state index in [4.69, 9.17) is 9.97 Å². The number of fused-ring (bicyclic) bond motifs is 13. The summed E-state index contributed by atoms with van der Waals surface area (Å²) in [5.41, 5.74) is 10.0. The van der Waals surface area contributed by atoms with Crippen LogP contribution >= 0.6 is 11.3 Å². The van der Waals surface area contributed by atoms with E-state index in [1.54, 1.807) is 0 Å². The lowest BCUT2D eigenvalue weighted by Gasteiger charge is -2.46. The van der Waals surface area contributed by atoms with E-state index in [0.29, 0.717) is 5.95 Å². The fraction of sp³-hybridized carbons (Fsp3) is 0.0698. The summed E-state index contributed by atoms with van der Waals surface area (Å²) in [5.74, 6) is 0.716. The Kier molecular flexibility index (Phi) is 5.99. The topological polar surface area (TPSA) is 29.0 Å². The van der Waals surface area contributed by atoms with Gasteiger partial charge in [-0.15, -0.1) is 11.3 Å². The molecule has 0 fully saturated rings. The van der Waals surface area contributed by atoms with Crippen molar-refractivity contribution in [2.45, 2.75) is 19.4 Å². The third kappa shape index (κ3) is 3.98. The molecule has 1 aliphatic rings. The van der Waals surface area contributed by atoms with Crippen LogP contribution in [-0.2, 0) is 5.54 Å². The summed E-state index contributed by atoms with van der Waals surface area (Å²) in [6, 6.07) is 46.4. The third-order valence-corrected chi connectivity index (χ3v) is 11.7. The van der Waals surface area contributed by atoms with Gasteiger partial charge in [0, 0.05) is 26.4 Å². The first-order valence-electron chi connectivity index (χ1n) is 16.9. The summed E-state index contributed by atoms with van der Waals surface area (Å²) in [7, 11) is 4.34. The largest absolute Gasteiger partial charge is 0.299 e. The van der Waals surface area contributed by atoms with Gasteiger partial charge in [-0.3, -0.25) is 4.90 Å². The van der Waals surface area contributed by atoms with Crippen molar-refractivity contribution in [1.29, 1.82) is 0 Å². The van der Waals surface area contributed by atoms with Crippen LogP contribution in [0.4, 0.5) is 11.6 Å². The maximum Gasteiger partial charge on any atom is 0.231 e. The molecule has 0 aliphatic carbocycles. The van der Waals surface area contributed by atoms with Crippen LogP contribution in [0.5, 0.6) is 0 Å². The first kappa shape index (κ1) is 28.6. The maximum absolute atomic E-state index is 5.58. The van der Waals surface area contributed by atoms with E-state index in [0.717, 1.165) is 22.2 Å². The van der Waals surface area contributed by atoms with E-state index in [-0.39, 0.29) is 0 Å². The van der Waals surface area contributed by atoms with Gasteiger partial charge in [-0.05, 0) is 64.2 Å². The molecule has 230 valence electrons. The Labute approximate surface area is 290 Å². The van der Waals surface area contributed by atoms with Crippen LogP contribution in [0.3, 0.4) is 0 Å². The quantitative estimate of drug-likeness (QED) is 0.177. The zero-order valence-corrected chi connectivity index (χ0v) is 28.7. The SMILES string of the molecule is Bc1ccc(-c2nc(N3c4c(c5ccccc5c5c4sc4ccccc45)-c4c(ccc5ccccc45)C3(C)C)nc3ccccc23)c(B)c1. The number of para-hydroxylation sites is 1. The molecule has 0 amide bonds. The molecule has 49 heavy (non-hydrogen) atoms. The normalized spacial score (nSPS) is 13.8. The summed E-state index contributed by atoms with van der Waals surface area (Å²) >= 11 is 1.88. The monoisotopic (exact) mass is 643 g/mol. The number of aromatic nitrogens is 2. The molecule has 0 saturated heterocycles. The van der Waals surface area contributed by atoms with Crippen molar-refractivity contribution in [1.82, 2.24) is 9.97 Å². The molecule has 9 aromatic rings. The van der Waals surface area contributed by atoms with E-state index >= 15 is 0 Å². The molecule has 2 aromatic heterocycles. The third-order valence-electron chi connectivity index (χ3n) is 10.6. The van der Waals surface area contributed by atoms with Crippen molar-refractivity contribution >= 4 is 102 Å². The van der Waals surface area contributed by atoms with Gasteiger partial charge in [-0.25, -0.2) is 9.97 Å². The minimum absolute atomic E-state index is 0.486. The molecule has 3 heterocycles. The lowest BCUT2D eigenvalue weighted by atomic mass is 9.76. The predicted octanol–water partition coefficient (Wildman–Crippen LogP) is 8.54. The maximum atomic E-state index is 5.58. The van der Waals surface area contributed by atoms with Crippen molar-refractivity contribution in [3.8, 4) is 22.4 Å². The number of hydrogen-bond donors (Lipinski definition) is 0. The second kappa shape index (κ2) is 10.3. The lowest BCUT2D eigenvalue weighted by Crippen LogP contribution is -2.42. The second-order valence-corrected chi connectivity index (χ2v) is 14.9. The van der Waals surface area contributed by atoms with Gasteiger partial charge in [0.05, 0.1) is 27.1 Å². The van der Waals surface area contributed by atoms with Gasteiger partial charge in [0.25, 0.3) is 0 Å². The predicted molar refractivity (Wildman–Crippen MR) is 216 cm³/mol. The Bertz CT molecular complexity index is 2860. The fourth-order valence-electron chi connectivity index (χ4n) is 8.36. The molecule has 0 radical (unpaired) electrons. The molecule has 1 aliphatic heterocycles. The Morgan fingerprint density at radius 1 is 0.633 bits per heavy atom. The minimum Gasteiger partial charge on any atom is -0.299 e. The molecule has 0 spiro atoms. The van der Waals surface area contributed by atoms with E-state index in [9.17, 15) is 0 Å². The van der Waals surface area contributed by atoms with Crippen LogP contribution in [0.25, 0.3) is 75.0 Å². The smallest absolute Gasteiger partial charge is 0.231 e. The highest BCUT2D eigenvalue weighted by Crippen LogP contribution is 2.59. The van der Waals surface area contributed by atoms with Gasteiger partial charge in [0.1, 0.15) is 15.7 Å². The molecule has 0 N–H and O–H groups in total. The first-order chi connectivity index (χ1) is 23.9. The summed E-state index contributed by atoms with van der Waals surface area (Å²) in [5, 5.41) is 8.70. The highest BCUT2D eigenvalue weighted by Gasteiger charge is 2.43. The molecule has 7 aromatic carbocycles. The zero-order valence-electron chi connectivity index (χ0n) is 27.9. The van der Waals surface area contributed by atoms with Crippen molar-refractivity contribution in [3.05, 3.63) is 133 Å². The number of rotatable bonds is 2. The molecule has 0 bridgehead atoms. The second-order valence-electron chi connectivity index (χ2n) is 13.9. The van der Waals surface area contributed by atoms with Crippen LogP contribution < -0.4 is 15.8 Å². The van der Waals surface area contributed by atoms with Gasteiger partial charge in [-0.1, -0.05) is 126 Å². The molecule has 0 saturated carbocycles. The van der Waals surface area contributed by atoms with Crippen LogP contribution in [0.1, 0.15) is 19.4 Å². The zero-order chi connectivity index (χ0) is 33.0. The van der Waals surface area contributed by atoms with E-state index < -0.39 is 5.54 Å². The van der Waals surface area contributed by atoms with Gasteiger partial charge in [0.2, 0.25) is 5.95 Å². The number of benzene rings is 7. The van der Waals surface area contributed by atoms with Gasteiger partial charge >= 0.3 is 0 Å². The average molecular weight is 643 g/mol. The summed E-state index contributed by atoms with van der Waals surface area (Å²) in [6.45, 7) is 4.68. The highest BCUT2D eigenvalue weighted by molar-refractivity contribution is 7.26. The first-order valence-corrected chi connectivity index (χ1v) is 17.7. The standard InChI is InChI=1S/C43H31B2N3S/c1-43(2)32-22-19-24-11-3-4-12-26(24)37(32)38-28-14-6-5-13-27(28)36-31-16-8-10-18-35(31)49-41(36)40(38)48(43)42-46-34-17-9-7-15-30(34)39(47-42)29-21-20-25(44)23-33(29)45/h3-23H,44-45H2,1-2H3. The van der Waals surface area contributed by atoms with Crippen LogP contribution in [0.2, 0.25) is 0 Å². The van der Waals surface area contributed by atoms with E-state index in [1.165, 1.54) is 75.0 Å². The number of thiophene rings is 1. The molecular weight excluding hydrogens is 612 g/mol. The van der Waals surface area contributed by atoms with Crippen molar-refractivity contribution in [3.63, 3.8) is 0 Å². The molecule has 6 heteroatoms. The molecule has 0 atom stereocenters. The van der Waals surface area contributed by atoms with E-state index in [2.05, 4.69) is 162 Å². The number of anilines is 2. The fourth-order valence-corrected chi connectivity index (χ4v) is 9.61. The number of hydrogen-bond acceptors (Lipinski definition) is 4. The Morgan fingerprint density at radius 3 is 2.14 bits per heavy atom. The molecular formula is C43H31B2N3S. The average Bonchev–Trinajstić information content (AvgIpc) is 3.51. The molecule has 3 nitrogen and oxygen atoms in total. The molecule has 0 unspecified atom stereocenters. The van der Waals surface area contributed by atoms with E-state index in [1.807, 2.05) is 11.3 Å². The Balaban J connectivity index is 1.42. The summed E-state index contributed by atoms with van der Waals surface area (Å²) < 4.78 is 2.55. The minimum atomic E-state index is -0.486. The summed E-state index contributed by atoms with van der Waals surface area (Å²) in [4.78, 5) is 13.5. The highest BCUT2D eigenvalue weighted by atomic mass is 32.1. The van der Waals surface area contributed by atoms with Crippen molar-refractivity contribution < 1.29 is 0 Å². The van der Waals surface area contributed by atoms with Gasteiger partial charge in [-0.2, -0.15) is 0 Å². The van der Waals surface area contributed by atoms with Crippen molar-refractivity contribution in [2.24, 2.45) is 0 Å². The van der Waals surface area contributed by atoms with Crippen LogP contribution in [0, 0.1) is 0 Å².